The van der Waals surface area contributed by atoms with Crippen LogP contribution in [0.5, 0.6) is 11.5 Å². The lowest BCUT2D eigenvalue weighted by Crippen LogP contribution is -2.47. The molecule has 0 spiro atoms. The summed E-state index contributed by atoms with van der Waals surface area (Å²) < 4.78 is 35.8. The highest BCUT2D eigenvalue weighted by Gasteiger charge is 2.39. The van der Waals surface area contributed by atoms with E-state index < -0.39 is 12.2 Å². The fourth-order valence-corrected chi connectivity index (χ4v) is 5.85. The van der Waals surface area contributed by atoms with Crippen LogP contribution in [0.1, 0.15) is 35.6 Å². The van der Waals surface area contributed by atoms with Crippen LogP contribution in [0.3, 0.4) is 0 Å². The molecular weight excluding hydrogens is 615 g/mol. The van der Waals surface area contributed by atoms with Crippen molar-refractivity contribution in [2.45, 2.75) is 32.0 Å². The van der Waals surface area contributed by atoms with Gasteiger partial charge in [-0.15, -0.1) is 0 Å². The van der Waals surface area contributed by atoms with E-state index in [1.54, 1.807) is 31.6 Å². The van der Waals surface area contributed by atoms with Crippen LogP contribution in [0.15, 0.2) is 83.5 Å². The Morgan fingerprint density at radius 3 is 2.50 bits per heavy atom. The number of cyclic esters (lactones) is 1. The number of benzene rings is 3. The van der Waals surface area contributed by atoms with E-state index in [1.807, 2.05) is 54.6 Å². The standard InChI is InChI=1S/C37H39FN4O6/c1-45-32-15-8-28(24-34(32)46-25-30-26-47-35(39-30)17-10-27-6-3-2-4-7-27)9-16-33-36(43)42(37(44)48-33)19-5-18-40-20-22-41(23-21-40)31-13-11-29(38)12-14-31/h2-4,6-8,10-15,17,24,26,33H,5,9,16,18-23,25H2,1H3/b17-10+. The van der Waals surface area contributed by atoms with Gasteiger partial charge >= 0.3 is 6.09 Å². The fraction of sp³-hybridized carbons (Fsp3) is 0.324. The molecule has 0 saturated carbocycles. The van der Waals surface area contributed by atoms with Gasteiger partial charge in [-0.05, 0) is 79.4 Å². The minimum atomic E-state index is -0.819. The first-order chi connectivity index (χ1) is 23.4. The Hall–Kier alpha value is -5.16. The number of hydrogen-bond acceptors (Lipinski definition) is 9. The van der Waals surface area contributed by atoms with E-state index in [2.05, 4.69) is 14.8 Å². The molecule has 1 aromatic heterocycles. The number of aromatic nitrogens is 1. The number of aryl methyl sites for hydroxylation is 1. The molecule has 10 nitrogen and oxygen atoms in total. The number of ether oxygens (including phenoxy) is 3. The normalized spacial score (nSPS) is 16.9. The molecule has 0 aliphatic carbocycles. The van der Waals surface area contributed by atoms with Gasteiger partial charge in [0, 0.05) is 44.5 Å². The molecule has 11 heteroatoms. The largest absolute Gasteiger partial charge is 0.493 e. The first-order valence-corrected chi connectivity index (χ1v) is 16.2. The molecule has 1 atom stereocenters. The molecule has 2 saturated heterocycles. The maximum Gasteiger partial charge on any atom is 0.417 e. The maximum absolute atomic E-state index is 13.2. The van der Waals surface area contributed by atoms with Crippen LogP contribution >= 0.6 is 0 Å². The average molecular weight is 655 g/mol. The number of anilines is 1. The van der Waals surface area contributed by atoms with Crippen molar-refractivity contribution in [3.63, 3.8) is 0 Å². The minimum absolute atomic E-state index is 0.181. The van der Waals surface area contributed by atoms with Crippen LogP contribution < -0.4 is 14.4 Å². The summed E-state index contributed by atoms with van der Waals surface area (Å²) in [6, 6.07) is 22.0. The zero-order chi connectivity index (χ0) is 33.3. The maximum atomic E-state index is 13.2. The summed E-state index contributed by atoms with van der Waals surface area (Å²) in [6.07, 6.45) is 5.42. The van der Waals surface area contributed by atoms with Gasteiger partial charge in [-0.3, -0.25) is 9.69 Å². The van der Waals surface area contributed by atoms with Gasteiger partial charge in [-0.1, -0.05) is 36.4 Å². The van der Waals surface area contributed by atoms with Gasteiger partial charge < -0.3 is 23.5 Å². The molecule has 4 aromatic rings. The molecule has 2 aliphatic heterocycles. The molecule has 0 bridgehead atoms. The molecule has 48 heavy (non-hydrogen) atoms. The van der Waals surface area contributed by atoms with E-state index in [-0.39, 0.29) is 18.3 Å². The van der Waals surface area contributed by atoms with E-state index in [1.165, 1.54) is 17.0 Å². The van der Waals surface area contributed by atoms with Gasteiger partial charge in [-0.2, -0.15) is 0 Å². The molecule has 2 aliphatic rings. The highest BCUT2D eigenvalue weighted by Crippen LogP contribution is 2.30. The Kier molecular flexibility index (Phi) is 10.7. The summed E-state index contributed by atoms with van der Waals surface area (Å²) in [6.45, 7) is 4.66. The molecule has 0 radical (unpaired) electrons. The lowest BCUT2D eigenvalue weighted by molar-refractivity contribution is -0.129. The van der Waals surface area contributed by atoms with Gasteiger partial charge in [0.05, 0.1) is 7.11 Å². The number of piperazine rings is 1. The molecule has 2 fully saturated rings. The Morgan fingerprint density at radius 1 is 0.938 bits per heavy atom. The highest BCUT2D eigenvalue weighted by molar-refractivity contribution is 6.00. The smallest absolute Gasteiger partial charge is 0.417 e. The minimum Gasteiger partial charge on any atom is -0.493 e. The number of imide groups is 1. The quantitative estimate of drug-likeness (QED) is 0.161. The number of carbonyl (C=O) groups excluding carboxylic acids is 2. The van der Waals surface area contributed by atoms with Gasteiger partial charge in [0.25, 0.3) is 5.91 Å². The second-order valence-electron chi connectivity index (χ2n) is 11.8. The predicted octanol–water partition coefficient (Wildman–Crippen LogP) is 6.06. The van der Waals surface area contributed by atoms with E-state index in [4.69, 9.17) is 18.6 Å². The van der Waals surface area contributed by atoms with Crippen molar-refractivity contribution in [1.82, 2.24) is 14.8 Å². The topological polar surface area (TPSA) is 97.6 Å². The van der Waals surface area contributed by atoms with Crippen LogP contribution in [-0.4, -0.2) is 79.3 Å². The van der Waals surface area contributed by atoms with Gasteiger partial charge in [0.2, 0.25) is 5.89 Å². The molecule has 2 amide bonds. The van der Waals surface area contributed by atoms with Crippen molar-refractivity contribution in [2.24, 2.45) is 0 Å². The summed E-state index contributed by atoms with van der Waals surface area (Å²) in [7, 11) is 1.57. The van der Waals surface area contributed by atoms with Crippen LogP contribution in [0.4, 0.5) is 14.9 Å². The van der Waals surface area contributed by atoms with Gasteiger partial charge in [-0.25, -0.2) is 19.1 Å². The number of methoxy groups -OCH3 is 1. The van der Waals surface area contributed by atoms with E-state index in [0.29, 0.717) is 48.9 Å². The average Bonchev–Trinajstić information content (AvgIpc) is 3.69. The molecule has 3 heterocycles. The molecule has 250 valence electrons. The molecular formula is C37H39FN4O6. The Morgan fingerprint density at radius 2 is 1.73 bits per heavy atom. The van der Waals surface area contributed by atoms with E-state index in [9.17, 15) is 14.0 Å². The first kappa shape index (κ1) is 32.8. The van der Waals surface area contributed by atoms with Crippen molar-refractivity contribution in [3.05, 3.63) is 108 Å². The molecule has 1 unspecified atom stereocenters. The Bertz CT molecular complexity index is 1700. The molecule has 3 aromatic carbocycles. The van der Waals surface area contributed by atoms with Crippen LogP contribution in [0, 0.1) is 5.82 Å². The number of hydrogen-bond donors (Lipinski definition) is 0. The van der Waals surface area contributed by atoms with Crippen LogP contribution in [0.2, 0.25) is 0 Å². The lowest BCUT2D eigenvalue weighted by atomic mass is 10.1. The summed E-state index contributed by atoms with van der Waals surface area (Å²) >= 11 is 0. The lowest BCUT2D eigenvalue weighted by Gasteiger charge is -2.36. The number of carbonyl (C=O) groups is 2. The number of halogens is 1. The number of amides is 2. The summed E-state index contributed by atoms with van der Waals surface area (Å²) in [5.74, 6) is 1.04. The van der Waals surface area contributed by atoms with Crippen molar-refractivity contribution in [1.29, 1.82) is 0 Å². The van der Waals surface area contributed by atoms with E-state index in [0.717, 1.165) is 49.5 Å². The van der Waals surface area contributed by atoms with E-state index >= 15 is 0 Å². The predicted molar refractivity (Wildman–Crippen MR) is 179 cm³/mol. The molecule has 0 N–H and O–H groups in total. The van der Waals surface area contributed by atoms with Crippen LogP contribution in [0.25, 0.3) is 12.2 Å². The SMILES string of the molecule is COc1ccc(CCC2OC(=O)N(CCCN3CCN(c4ccc(F)cc4)CC3)C2=O)cc1OCc1coc(/C=C/c2ccccc2)n1. The third-order valence-corrected chi connectivity index (χ3v) is 8.51. The molecule has 6 rings (SSSR count). The first-order valence-electron chi connectivity index (χ1n) is 16.2. The zero-order valence-corrected chi connectivity index (χ0v) is 26.9. The Labute approximate surface area is 279 Å². The third kappa shape index (κ3) is 8.40. The second-order valence-corrected chi connectivity index (χ2v) is 11.8. The van der Waals surface area contributed by atoms with Crippen molar-refractivity contribution >= 4 is 29.8 Å². The highest BCUT2D eigenvalue weighted by atomic mass is 19.1. The monoisotopic (exact) mass is 654 g/mol. The summed E-state index contributed by atoms with van der Waals surface area (Å²) in [4.78, 5) is 35.9. The van der Waals surface area contributed by atoms with Crippen molar-refractivity contribution in [3.8, 4) is 11.5 Å². The third-order valence-electron chi connectivity index (χ3n) is 8.51. The Balaban J connectivity index is 0.947. The van der Waals surface area contributed by atoms with Crippen LogP contribution in [-0.2, 0) is 22.6 Å². The zero-order valence-electron chi connectivity index (χ0n) is 26.9. The number of rotatable bonds is 14. The second kappa shape index (κ2) is 15.6. The summed E-state index contributed by atoms with van der Waals surface area (Å²) in [5.41, 5.74) is 3.60. The van der Waals surface area contributed by atoms with Crippen molar-refractivity contribution in [2.75, 3.05) is 51.3 Å². The number of oxazole rings is 1. The fourth-order valence-electron chi connectivity index (χ4n) is 5.85. The number of nitrogens with zero attached hydrogens (tertiary/aromatic N) is 4. The van der Waals surface area contributed by atoms with Gasteiger partial charge in [0.1, 0.15) is 24.4 Å². The van der Waals surface area contributed by atoms with Crippen molar-refractivity contribution < 1.29 is 32.6 Å². The summed E-state index contributed by atoms with van der Waals surface area (Å²) in [5, 5.41) is 0. The van der Waals surface area contributed by atoms with Gasteiger partial charge in [0.15, 0.2) is 17.6 Å².